The third-order valence-electron chi connectivity index (χ3n) is 4.42. The highest BCUT2D eigenvalue weighted by atomic mass is 79.9. The van der Waals surface area contributed by atoms with Crippen LogP contribution in [0.1, 0.15) is 11.1 Å². The van der Waals surface area contributed by atoms with E-state index in [1.54, 1.807) is 11.0 Å². The molecule has 1 aliphatic rings. The molecular formula is C20H21BrN2O3S. The summed E-state index contributed by atoms with van der Waals surface area (Å²) in [6, 6.07) is 16.8. The molecule has 5 nitrogen and oxygen atoms in total. The van der Waals surface area contributed by atoms with Crippen molar-refractivity contribution in [3.05, 3.63) is 76.3 Å². The maximum atomic E-state index is 12.6. The molecule has 2 aromatic carbocycles. The molecule has 1 saturated heterocycles. The van der Waals surface area contributed by atoms with Crippen molar-refractivity contribution in [2.75, 3.05) is 26.2 Å². The van der Waals surface area contributed by atoms with Gasteiger partial charge in [-0.15, -0.1) is 0 Å². The zero-order valence-corrected chi connectivity index (χ0v) is 17.2. The maximum absolute atomic E-state index is 12.6. The average Bonchev–Trinajstić information content (AvgIpc) is 2.68. The molecule has 0 spiro atoms. The first-order valence-corrected chi connectivity index (χ1v) is 11.1. The summed E-state index contributed by atoms with van der Waals surface area (Å²) in [6.07, 6.45) is 3.31. The highest BCUT2D eigenvalue weighted by Gasteiger charge is 2.28. The maximum Gasteiger partial charge on any atom is 0.246 e. The van der Waals surface area contributed by atoms with E-state index in [9.17, 15) is 13.2 Å². The molecule has 1 fully saturated rings. The van der Waals surface area contributed by atoms with Crippen molar-refractivity contribution >= 4 is 37.9 Å². The summed E-state index contributed by atoms with van der Waals surface area (Å²) in [5.74, 6) is -0.108. The molecule has 7 heteroatoms. The monoisotopic (exact) mass is 448 g/mol. The molecule has 27 heavy (non-hydrogen) atoms. The van der Waals surface area contributed by atoms with Gasteiger partial charge in [0.05, 0.1) is 5.75 Å². The van der Waals surface area contributed by atoms with Crippen molar-refractivity contribution in [2.45, 2.75) is 5.75 Å². The highest BCUT2D eigenvalue weighted by Crippen LogP contribution is 2.15. The smallest absolute Gasteiger partial charge is 0.246 e. The van der Waals surface area contributed by atoms with Crippen LogP contribution in [0.3, 0.4) is 0 Å². The van der Waals surface area contributed by atoms with Crippen LogP contribution in [0.2, 0.25) is 0 Å². The van der Waals surface area contributed by atoms with Crippen LogP contribution >= 0.6 is 15.9 Å². The van der Waals surface area contributed by atoms with Gasteiger partial charge in [-0.05, 0) is 29.3 Å². The fraction of sp³-hybridized carbons (Fsp3) is 0.250. The van der Waals surface area contributed by atoms with E-state index in [0.29, 0.717) is 26.2 Å². The van der Waals surface area contributed by atoms with E-state index in [0.717, 1.165) is 15.6 Å². The van der Waals surface area contributed by atoms with Gasteiger partial charge < -0.3 is 4.90 Å². The second-order valence-electron chi connectivity index (χ2n) is 6.35. The minimum Gasteiger partial charge on any atom is -0.337 e. The van der Waals surface area contributed by atoms with E-state index in [1.165, 1.54) is 10.4 Å². The predicted molar refractivity (Wildman–Crippen MR) is 110 cm³/mol. The Balaban J connectivity index is 1.55. The Hall–Kier alpha value is -1.96. The molecule has 1 amide bonds. The number of hydrogen-bond donors (Lipinski definition) is 0. The number of carbonyl (C=O) groups excluding carboxylic acids is 1. The Kier molecular flexibility index (Phi) is 6.46. The fourth-order valence-corrected chi connectivity index (χ4v) is 4.69. The van der Waals surface area contributed by atoms with Crippen LogP contribution in [0.15, 0.2) is 65.1 Å². The minimum atomic E-state index is -3.37. The molecule has 0 atom stereocenters. The molecule has 0 radical (unpaired) electrons. The molecule has 1 aliphatic heterocycles. The van der Waals surface area contributed by atoms with Crippen LogP contribution in [0.5, 0.6) is 0 Å². The molecule has 0 bridgehead atoms. The van der Waals surface area contributed by atoms with Crippen molar-refractivity contribution in [1.82, 2.24) is 9.21 Å². The van der Waals surface area contributed by atoms with Gasteiger partial charge in [-0.2, -0.15) is 4.31 Å². The fourth-order valence-electron chi connectivity index (χ4n) is 2.91. The number of halogens is 1. The van der Waals surface area contributed by atoms with Gasteiger partial charge in [-0.25, -0.2) is 8.42 Å². The number of piperazine rings is 1. The van der Waals surface area contributed by atoms with Gasteiger partial charge in [0.2, 0.25) is 15.9 Å². The number of hydrogen-bond acceptors (Lipinski definition) is 3. The van der Waals surface area contributed by atoms with Crippen molar-refractivity contribution in [3.8, 4) is 0 Å². The normalized spacial score (nSPS) is 16.0. The van der Waals surface area contributed by atoms with Crippen LogP contribution < -0.4 is 0 Å². The SMILES string of the molecule is O=C(C=Cc1ccc(Br)cc1)N1CCN(S(=O)(=O)Cc2ccccc2)CC1. The summed E-state index contributed by atoms with van der Waals surface area (Å²) in [5, 5.41) is 0. The first-order chi connectivity index (χ1) is 12.9. The summed E-state index contributed by atoms with van der Waals surface area (Å²) in [5.41, 5.74) is 1.71. The van der Waals surface area contributed by atoms with Crippen LogP contribution in [0.25, 0.3) is 6.08 Å². The quantitative estimate of drug-likeness (QED) is 0.660. The Bertz CT molecular complexity index is 904. The zero-order chi connectivity index (χ0) is 19.3. The first-order valence-electron chi connectivity index (χ1n) is 8.68. The molecule has 3 rings (SSSR count). The Labute approximate surface area is 168 Å². The van der Waals surface area contributed by atoms with Gasteiger partial charge in [0.1, 0.15) is 0 Å². The largest absolute Gasteiger partial charge is 0.337 e. The molecule has 2 aromatic rings. The lowest BCUT2D eigenvalue weighted by Crippen LogP contribution is -2.50. The molecule has 0 N–H and O–H groups in total. The zero-order valence-electron chi connectivity index (χ0n) is 14.8. The number of nitrogens with zero attached hydrogens (tertiary/aromatic N) is 2. The van der Waals surface area contributed by atoms with Crippen molar-refractivity contribution < 1.29 is 13.2 Å². The van der Waals surface area contributed by atoms with Crippen molar-refractivity contribution in [2.24, 2.45) is 0 Å². The number of rotatable bonds is 5. The standard InChI is InChI=1S/C20H21BrN2O3S/c21-19-9-6-17(7-10-19)8-11-20(24)22-12-14-23(15-13-22)27(25,26)16-18-4-2-1-3-5-18/h1-11H,12-16H2. The minimum absolute atomic E-state index is 0.00867. The van der Waals surface area contributed by atoms with E-state index < -0.39 is 10.0 Å². The second-order valence-corrected chi connectivity index (χ2v) is 9.24. The number of sulfonamides is 1. The van der Waals surface area contributed by atoms with Gasteiger partial charge in [0, 0.05) is 36.7 Å². The van der Waals surface area contributed by atoms with E-state index in [4.69, 9.17) is 0 Å². The molecule has 0 saturated carbocycles. The van der Waals surface area contributed by atoms with E-state index >= 15 is 0 Å². The van der Waals surface area contributed by atoms with E-state index in [2.05, 4.69) is 15.9 Å². The topological polar surface area (TPSA) is 57.7 Å². The van der Waals surface area contributed by atoms with Gasteiger partial charge in [-0.3, -0.25) is 4.79 Å². The number of benzene rings is 2. The summed E-state index contributed by atoms with van der Waals surface area (Å²) < 4.78 is 27.6. The Morgan fingerprint density at radius 2 is 1.59 bits per heavy atom. The van der Waals surface area contributed by atoms with E-state index in [1.807, 2.05) is 54.6 Å². The predicted octanol–water partition coefficient (Wildman–Crippen LogP) is 3.14. The third-order valence-corrected chi connectivity index (χ3v) is 6.80. The van der Waals surface area contributed by atoms with Crippen LogP contribution in [0.4, 0.5) is 0 Å². The van der Waals surface area contributed by atoms with Crippen molar-refractivity contribution in [1.29, 1.82) is 0 Å². The number of carbonyl (C=O) groups is 1. The Morgan fingerprint density at radius 3 is 2.22 bits per heavy atom. The molecule has 0 aromatic heterocycles. The lowest BCUT2D eigenvalue weighted by molar-refractivity contribution is -0.127. The first kappa shape index (κ1) is 19.8. The van der Waals surface area contributed by atoms with Crippen LogP contribution in [-0.4, -0.2) is 49.7 Å². The van der Waals surface area contributed by atoms with Gasteiger partial charge in [0.25, 0.3) is 0 Å². The van der Waals surface area contributed by atoms with Crippen molar-refractivity contribution in [3.63, 3.8) is 0 Å². The molecule has 1 heterocycles. The third kappa shape index (κ3) is 5.51. The lowest BCUT2D eigenvalue weighted by Gasteiger charge is -2.33. The van der Waals surface area contributed by atoms with E-state index in [-0.39, 0.29) is 11.7 Å². The van der Waals surface area contributed by atoms with Crippen LogP contribution in [-0.2, 0) is 20.6 Å². The summed E-state index contributed by atoms with van der Waals surface area (Å²) in [6.45, 7) is 1.45. The second kappa shape index (κ2) is 8.82. The molecular weight excluding hydrogens is 428 g/mol. The highest BCUT2D eigenvalue weighted by molar-refractivity contribution is 9.10. The molecule has 0 aliphatic carbocycles. The summed E-state index contributed by atoms with van der Waals surface area (Å²) in [4.78, 5) is 14.0. The summed E-state index contributed by atoms with van der Waals surface area (Å²) in [7, 11) is -3.37. The molecule has 0 unspecified atom stereocenters. The van der Waals surface area contributed by atoms with Gasteiger partial charge in [-0.1, -0.05) is 58.4 Å². The Morgan fingerprint density at radius 1 is 0.963 bits per heavy atom. The van der Waals surface area contributed by atoms with Gasteiger partial charge >= 0.3 is 0 Å². The average molecular weight is 449 g/mol. The van der Waals surface area contributed by atoms with Gasteiger partial charge in [0.15, 0.2) is 0 Å². The summed E-state index contributed by atoms with van der Waals surface area (Å²) >= 11 is 3.38. The number of amides is 1. The van der Waals surface area contributed by atoms with Crippen LogP contribution in [0, 0.1) is 0 Å². The lowest BCUT2D eigenvalue weighted by atomic mass is 10.2. The molecule has 142 valence electrons.